The Morgan fingerprint density at radius 3 is 2.42 bits per heavy atom. The number of alkyl halides is 2. The van der Waals surface area contributed by atoms with Crippen LogP contribution in [0.1, 0.15) is 24.4 Å². The molecule has 1 unspecified atom stereocenters. The lowest BCUT2D eigenvalue weighted by Crippen LogP contribution is -2.31. The monoisotopic (exact) mass is 271 g/mol. The van der Waals surface area contributed by atoms with Gasteiger partial charge in [-0.3, -0.25) is 5.32 Å². The van der Waals surface area contributed by atoms with Crippen LogP contribution in [0.3, 0.4) is 0 Å². The molecule has 1 aliphatic carbocycles. The Kier molecular flexibility index (Phi) is 4.31. The molecule has 0 heterocycles. The highest BCUT2D eigenvalue weighted by Gasteiger charge is 2.30. The summed E-state index contributed by atoms with van der Waals surface area (Å²) < 4.78 is 33.1. The van der Waals surface area contributed by atoms with Gasteiger partial charge < -0.3 is 9.47 Å². The van der Waals surface area contributed by atoms with Gasteiger partial charge >= 0.3 is 12.6 Å². The molecule has 2 rings (SSSR count). The smallest absolute Gasteiger partial charge is 0.387 e. The van der Waals surface area contributed by atoms with Gasteiger partial charge in [0.05, 0.1) is 7.11 Å². The molecule has 0 aliphatic heterocycles. The SMILES string of the molecule is COC(=O)C(NC1CC1)c1ccc(OC(F)F)cc1. The lowest BCUT2D eigenvalue weighted by molar-refractivity contribution is -0.143. The number of rotatable bonds is 6. The van der Waals surface area contributed by atoms with Crippen molar-refractivity contribution >= 4 is 5.97 Å². The highest BCUT2D eigenvalue weighted by atomic mass is 19.3. The van der Waals surface area contributed by atoms with Gasteiger partial charge in [-0.1, -0.05) is 12.1 Å². The van der Waals surface area contributed by atoms with E-state index in [9.17, 15) is 13.6 Å². The third-order valence-corrected chi connectivity index (χ3v) is 2.86. The summed E-state index contributed by atoms with van der Waals surface area (Å²) in [6.07, 6.45) is 2.06. The summed E-state index contributed by atoms with van der Waals surface area (Å²) in [7, 11) is 1.32. The van der Waals surface area contributed by atoms with Gasteiger partial charge in [-0.25, -0.2) is 4.79 Å². The molecule has 0 spiro atoms. The second kappa shape index (κ2) is 5.97. The zero-order valence-corrected chi connectivity index (χ0v) is 10.4. The van der Waals surface area contributed by atoms with E-state index >= 15 is 0 Å². The van der Waals surface area contributed by atoms with Gasteiger partial charge in [-0.15, -0.1) is 0 Å². The average Bonchev–Trinajstić information content (AvgIpc) is 3.19. The van der Waals surface area contributed by atoms with Crippen molar-refractivity contribution in [3.05, 3.63) is 29.8 Å². The molecule has 0 amide bonds. The Hall–Kier alpha value is -1.69. The summed E-state index contributed by atoms with van der Waals surface area (Å²) in [5.41, 5.74) is 0.667. The molecule has 0 aromatic heterocycles. The van der Waals surface area contributed by atoms with Crippen LogP contribution in [0.15, 0.2) is 24.3 Å². The molecular formula is C13H15F2NO3. The molecule has 104 valence electrons. The number of carbonyl (C=O) groups is 1. The maximum absolute atomic E-state index is 12.0. The van der Waals surface area contributed by atoms with Gasteiger partial charge in [0.1, 0.15) is 11.8 Å². The first kappa shape index (κ1) is 13.7. The molecule has 1 aromatic carbocycles. The maximum atomic E-state index is 12.0. The molecule has 1 N–H and O–H groups in total. The zero-order valence-electron chi connectivity index (χ0n) is 10.4. The molecule has 0 saturated heterocycles. The number of carbonyl (C=O) groups excluding carboxylic acids is 1. The molecule has 19 heavy (non-hydrogen) atoms. The number of ether oxygens (including phenoxy) is 2. The van der Waals surface area contributed by atoms with Crippen LogP contribution in [-0.2, 0) is 9.53 Å². The summed E-state index contributed by atoms with van der Waals surface area (Å²) in [5.74, 6) is -0.330. The van der Waals surface area contributed by atoms with Gasteiger partial charge in [0.2, 0.25) is 0 Å². The van der Waals surface area contributed by atoms with Crippen molar-refractivity contribution in [2.45, 2.75) is 31.5 Å². The van der Waals surface area contributed by atoms with Crippen LogP contribution in [-0.4, -0.2) is 25.7 Å². The van der Waals surface area contributed by atoms with E-state index in [1.54, 1.807) is 12.1 Å². The molecule has 1 aromatic rings. The molecular weight excluding hydrogens is 256 g/mol. The van der Waals surface area contributed by atoms with Crippen LogP contribution < -0.4 is 10.1 Å². The number of halogens is 2. The normalized spacial score (nSPS) is 16.2. The van der Waals surface area contributed by atoms with Crippen LogP contribution in [0.25, 0.3) is 0 Å². The summed E-state index contributed by atoms with van der Waals surface area (Å²) in [6, 6.07) is 5.72. The van der Waals surface area contributed by atoms with Crippen molar-refractivity contribution in [2.75, 3.05) is 7.11 Å². The van der Waals surface area contributed by atoms with Crippen molar-refractivity contribution in [3.63, 3.8) is 0 Å². The summed E-state index contributed by atoms with van der Waals surface area (Å²) in [5, 5.41) is 3.15. The predicted molar refractivity (Wildman–Crippen MR) is 64.0 cm³/mol. The summed E-state index contributed by atoms with van der Waals surface area (Å²) >= 11 is 0. The number of methoxy groups -OCH3 is 1. The second-order valence-corrected chi connectivity index (χ2v) is 4.34. The first-order chi connectivity index (χ1) is 9.10. The Morgan fingerprint density at radius 2 is 1.95 bits per heavy atom. The highest BCUT2D eigenvalue weighted by Crippen LogP contribution is 2.26. The minimum absolute atomic E-state index is 0.0637. The van der Waals surface area contributed by atoms with E-state index in [-0.39, 0.29) is 5.75 Å². The topological polar surface area (TPSA) is 47.6 Å². The van der Waals surface area contributed by atoms with E-state index in [0.29, 0.717) is 11.6 Å². The van der Waals surface area contributed by atoms with Crippen molar-refractivity contribution in [1.82, 2.24) is 5.32 Å². The zero-order chi connectivity index (χ0) is 13.8. The fourth-order valence-corrected chi connectivity index (χ4v) is 1.75. The summed E-state index contributed by atoms with van der Waals surface area (Å²) in [6.45, 7) is -2.85. The summed E-state index contributed by atoms with van der Waals surface area (Å²) in [4.78, 5) is 11.7. The third-order valence-electron chi connectivity index (χ3n) is 2.86. The largest absolute Gasteiger partial charge is 0.468 e. The van der Waals surface area contributed by atoms with Crippen molar-refractivity contribution in [2.24, 2.45) is 0 Å². The highest BCUT2D eigenvalue weighted by molar-refractivity contribution is 5.77. The molecule has 1 aliphatic rings. The van der Waals surface area contributed by atoms with E-state index < -0.39 is 18.6 Å². The first-order valence-corrected chi connectivity index (χ1v) is 5.99. The number of hydrogen-bond donors (Lipinski definition) is 1. The third kappa shape index (κ3) is 3.89. The van der Waals surface area contributed by atoms with E-state index in [1.165, 1.54) is 19.2 Å². The predicted octanol–water partition coefficient (Wildman–Crippen LogP) is 2.25. The van der Waals surface area contributed by atoms with Gasteiger partial charge in [0.25, 0.3) is 0 Å². The van der Waals surface area contributed by atoms with Crippen molar-refractivity contribution in [3.8, 4) is 5.75 Å². The molecule has 1 fully saturated rings. The van der Waals surface area contributed by atoms with E-state index in [1.807, 2.05) is 0 Å². The van der Waals surface area contributed by atoms with Crippen molar-refractivity contribution in [1.29, 1.82) is 0 Å². The number of hydrogen-bond acceptors (Lipinski definition) is 4. The van der Waals surface area contributed by atoms with Crippen LogP contribution in [0.2, 0.25) is 0 Å². The Labute approximate surface area is 109 Å². The quantitative estimate of drug-likeness (QED) is 0.806. The van der Waals surface area contributed by atoms with Crippen LogP contribution in [0.5, 0.6) is 5.75 Å². The lowest BCUT2D eigenvalue weighted by atomic mass is 10.1. The van der Waals surface area contributed by atoms with Crippen LogP contribution in [0, 0.1) is 0 Å². The van der Waals surface area contributed by atoms with Crippen LogP contribution >= 0.6 is 0 Å². The average molecular weight is 271 g/mol. The fourth-order valence-electron chi connectivity index (χ4n) is 1.75. The second-order valence-electron chi connectivity index (χ2n) is 4.34. The number of benzene rings is 1. The van der Waals surface area contributed by atoms with E-state index in [0.717, 1.165) is 12.8 Å². The molecule has 4 nitrogen and oxygen atoms in total. The molecule has 6 heteroatoms. The Balaban J connectivity index is 2.09. The molecule has 1 atom stereocenters. The van der Waals surface area contributed by atoms with Gasteiger partial charge in [0, 0.05) is 6.04 Å². The fraction of sp³-hybridized carbons (Fsp3) is 0.462. The standard InChI is InChI=1S/C13H15F2NO3/c1-18-12(17)11(16-9-4-5-9)8-2-6-10(7-3-8)19-13(14)15/h2-3,6-7,9,11,13,16H,4-5H2,1H3. The van der Waals surface area contributed by atoms with E-state index in [4.69, 9.17) is 4.74 Å². The van der Waals surface area contributed by atoms with Gasteiger partial charge in [0.15, 0.2) is 0 Å². The maximum Gasteiger partial charge on any atom is 0.387 e. The van der Waals surface area contributed by atoms with Gasteiger partial charge in [-0.2, -0.15) is 8.78 Å². The minimum Gasteiger partial charge on any atom is -0.468 e. The Morgan fingerprint density at radius 1 is 1.32 bits per heavy atom. The number of nitrogens with one attached hydrogen (secondary N) is 1. The first-order valence-electron chi connectivity index (χ1n) is 5.99. The van der Waals surface area contributed by atoms with Gasteiger partial charge in [-0.05, 0) is 30.5 Å². The molecule has 0 bridgehead atoms. The molecule has 0 radical (unpaired) electrons. The molecule has 1 saturated carbocycles. The lowest BCUT2D eigenvalue weighted by Gasteiger charge is -2.16. The van der Waals surface area contributed by atoms with Crippen molar-refractivity contribution < 1.29 is 23.0 Å². The minimum atomic E-state index is -2.85. The van der Waals surface area contributed by atoms with E-state index in [2.05, 4.69) is 10.1 Å². The Bertz CT molecular complexity index is 432. The van der Waals surface area contributed by atoms with Crippen LogP contribution in [0.4, 0.5) is 8.78 Å². The number of esters is 1.